The first-order valence-electron chi connectivity index (χ1n) is 8.43. The van der Waals surface area contributed by atoms with Gasteiger partial charge in [-0.05, 0) is 48.8 Å². The van der Waals surface area contributed by atoms with Gasteiger partial charge in [-0.2, -0.15) is 11.8 Å². The van der Waals surface area contributed by atoms with Gasteiger partial charge in [0.25, 0.3) is 0 Å². The number of hydrogen-bond donors (Lipinski definition) is 0. The van der Waals surface area contributed by atoms with Crippen LogP contribution in [0.5, 0.6) is 5.75 Å². The summed E-state index contributed by atoms with van der Waals surface area (Å²) in [5.74, 6) is 3.14. The zero-order valence-electron chi connectivity index (χ0n) is 15.1. The lowest BCUT2D eigenvalue weighted by Crippen LogP contribution is -2.01. The summed E-state index contributed by atoms with van der Waals surface area (Å²) in [6, 6.07) is 8.26. The van der Waals surface area contributed by atoms with E-state index in [-0.39, 0.29) is 0 Å². The minimum absolute atomic E-state index is 0.746. The number of allylic oxidation sites excluding steroid dienone is 5. The molecule has 0 aliphatic heterocycles. The molecule has 0 saturated carbocycles. The van der Waals surface area contributed by atoms with Gasteiger partial charge in [-0.15, -0.1) is 0 Å². The van der Waals surface area contributed by atoms with E-state index in [9.17, 15) is 0 Å². The first-order chi connectivity index (χ1) is 11.7. The molecule has 3 heteroatoms. The Kier molecular flexibility index (Phi) is 10.7. The summed E-state index contributed by atoms with van der Waals surface area (Å²) in [5, 5.41) is 0. The standard InChI is InChI=1S/C21H29NOS/c1-5-7-8-10-18(3)21(17-22-4)19-11-9-12-20(16-19)23-13-15-24-14-6-2/h5,7-9,11-12,16-17H,1,6,10,13-15H2,2-4H3/b8-7-,21-18+,22-17-. The van der Waals surface area contributed by atoms with Crippen molar-refractivity contribution in [2.45, 2.75) is 26.7 Å². The summed E-state index contributed by atoms with van der Waals surface area (Å²) in [4.78, 5) is 4.22. The van der Waals surface area contributed by atoms with Gasteiger partial charge in [0, 0.05) is 19.0 Å². The lowest BCUT2D eigenvalue weighted by molar-refractivity contribution is 0.344. The van der Waals surface area contributed by atoms with Crippen molar-refractivity contribution in [2.24, 2.45) is 4.99 Å². The lowest BCUT2D eigenvalue weighted by atomic mass is 9.99. The summed E-state index contributed by atoms with van der Waals surface area (Å²) in [5.41, 5.74) is 3.56. The van der Waals surface area contributed by atoms with E-state index in [1.54, 1.807) is 13.1 Å². The normalized spacial score (nSPS) is 12.6. The zero-order valence-corrected chi connectivity index (χ0v) is 15.9. The molecule has 2 nitrogen and oxygen atoms in total. The predicted molar refractivity (Wildman–Crippen MR) is 111 cm³/mol. The average molecular weight is 344 g/mol. The van der Waals surface area contributed by atoms with Gasteiger partial charge in [-0.1, -0.05) is 49.4 Å². The second kappa shape index (κ2) is 12.7. The highest BCUT2D eigenvalue weighted by Gasteiger charge is 2.05. The van der Waals surface area contributed by atoms with E-state index in [0.29, 0.717) is 0 Å². The Morgan fingerprint density at radius 1 is 1.33 bits per heavy atom. The van der Waals surface area contributed by atoms with Crippen molar-refractivity contribution < 1.29 is 4.74 Å². The molecule has 1 aromatic carbocycles. The van der Waals surface area contributed by atoms with E-state index in [1.165, 1.54) is 17.7 Å². The van der Waals surface area contributed by atoms with Crippen LogP contribution in [-0.4, -0.2) is 31.4 Å². The molecule has 0 N–H and O–H groups in total. The number of benzene rings is 1. The van der Waals surface area contributed by atoms with E-state index in [1.807, 2.05) is 36.2 Å². The predicted octanol–water partition coefficient (Wildman–Crippen LogP) is 5.82. The molecule has 0 aromatic heterocycles. The van der Waals surface area contributed by atoms with Crippen LogP contribution in [0, 0.1) is 0 Å². The minimum atomic E-state index is 0.746. The first kappa shape index (κ1) is 20.3. The Morgan fingerprint density at radius 3 is 2.88 bits per heavy atom. The summed E-state index contributed by atoms with van der Waals surface area (Å²) < 4.78 is 5.88. The Hall–Kier alpha value is -1.74. The monoisotopic (exact) mass is 343 g/mol. The molecule has 1 aromatic rings. The fraction of sp³-hybridized carbons (Fsp3) is 0.381. The van der Waals surface area contributed by atoms with Crippen LogP contribution < -0.4 is 4.74 Å². The molecule has 0 atom stereocenters. The molecule has 130 valence electrons. The molecule has 0 unspecified atom stereocenters. The topological polar surface area (TPSA) is 21.6 Å². The van der Waals surface area contributed by atoms with Gasteiger partial charge in [-0.25, -0.2) is 0 Å². The van der Waals surface area contributed by atoms with Gasteiger partial charge in [0.1, 0.15) is 5.75 Å². The van der Waals surface area contributed by atoms with Crippen molar-refractivity contribution in [3.8, 4) is 5.75 Å². The molecule has 0 saturated heterocycles. The molecule has 0 amide bonds. The van der Waals surface area contributed by atoms with E-state index >= 15 is 0 Å². The Morgan fingerprint density at radius 2 is 2.17 bits per heavy atom. The van der Waals surface area contributed by atoms with E-state index < -0.39 is 0 Å². The smallest absolute Gasteiger partial charge is 0.119 e. The molecule has 0 radical (unpaired) electrons. The number of rotatable bonds is 11. The molecule has 0 aliphatic carbocycles. The van der Waals surface area contributed by atoms with Crippen molar-refractivity contribution in [3.63, 3.8) is 0 Å². The highest BCUT2D eigenvalue weighted by Crippen LogP contribution is 2.24. The van der Waals surface area contributed by atoms with Crippen molar-refractivity contribution in [1.82, 2.24) is 0 Å². The molecule has 0 spiro atoms. The first-order valence-corrected chi connectivity index (χ1v) is 9.58. The SMILES string of the molecule is C=C/C=C\C/C(C)=C(\C=N/C)c1cccc(OCCSCCC)c1. The van der Waals surface area contributed by atoms with Crippen molar-refractivity contribution in [1.29, 1.82) is 0 Å². The zero-order chi connectivity index (χ0) is 17.6. The van der Waals surface area contributed by atoms with E-state index in [0.717, 1.165) is 35.7 Å². The third-order valence-electron chi connectivity index (χ3n) is 3.40. The molecular weight excluding hydrogens is 314 g/mol. The number of hydrogen-bond acceptors (Lipinski definition) is 3. The van der Waals surface area contributed by atoms with Gasteiger partial charge in [-0.3, -0.25) is 4.99 Å². The molecule has 0 heterocycles. The van der Waals surface area contributed by atoms with Crippen LogP contribution in [0.2, 0.25) is 0 Å². The quantitative estimate of drug-likeness (QED) is 0.287. The molecule has 0 aliphatic rings. The van der Waals surface area contributed by atoms with E-state index in [4.69, 9.17) is 4.74 Å². The molecule has 0 fully saturated rings. The van der Waals surface area contributed by atoms with Crippen LogP contribution in [-0.2, 0) is 0 Å². The van der Waals surface area contributed by atoms with Crippen LogP contribution in [0.1, 0.15) is 32.3 Å². The fourth-order valence-electron chi connectivity index (χ4n) is 2.23. The molecule has 24 heavy (non-hydrogen) atoms. The van der Waals surface area contributed by atoms with Crippen molar-refractivity contribution in [3.05, 3.63) is 60.2 Å². The van der Waals surface area contributed by atoms with Gasteiger partial charge in [0.2, 0.25) is 0 Å². The molecule has 0 bridgehead atoms. The molecular formula is C21H29NOS. The lowest BCUT2D eigenvalue weighted by Gasteiger charge is -2.10. The maximum absolute atomic E-state index is 5.88. The second-order valence-corrected chi connectivity index (χ2v) is 6.66. The van der Waals surface area contributed by atoms with Gasteiger partial charge < -0.3 is 4.74 Å². The number of aliphatic imine (C=N–C) groups is 1. The maximum Gasteiger partial charge on any atom is 0.119 e. The van der Waals surface area contributed by atoms with Crippen LogP contribution in [0.15, 0.2) is 59.6 Å². The second-order valence-electron chi connectivity index (χ2n) is 5.44. The third kappa shape index (κ3) is 7.69. The number of nitrogens with zero attached hydrogens (tertiary/aromatic N) is 1. The highest BCUT2D eigenvalue weighted by molar-refractivity contribution is 7.99. The number of thioether (sulfide) groups is 1. The third-order valence-corrected chi connectivity index (χ3v) is 4.56. The van der Waals surface area contributed by atoms with Gasteiger partial charge in [0.05, 0.1) is 6.61 Å². The van der Waals surface area contributed by atoms with Crippen LogP contribution in [0.4, 0.5) is 0 Å². The molecule has 1 rings (SSSR count). The van der Waals surface area contributed by atoms with E-state index in [2.05, 4.69) is 43.6 Å². The Bertz CT molecular complexity index is 587. The van der Waals surface area contributed by atoms with Gasteiger partial charge in [0.15, 0.2) is 0 Å². The summed E-state index contributed by atoms with van der Waals surface area (Å²) >= 11 is 1.94. The largest absolute Gasteiger partial charge is 0.493 e. The Balaban J connectivity index is 2.84. The highest BCUT2D eigenvalue weighted by atomic mass is 32.2. The fourth-order valence-corrected chi connectivity index (χ4v) is 2.92. The van der Waals surface area contributed by atoms with Crippen LogP contribution >= 0.6 is 11.8 Å². The van der Waals surface area contributed by atoms with Crippen molar-refractivity contribution >= 4 is 23.5 Å². The van der Waals surface area contributed by atoms with Gasteiger partial charge >= 0.3 is 0 Å². The Labute approximate surface area is 151 Å². The summed E-state index contributed by atoms with van der Waals surface area (Å²) in [6.45, 7) is 8.79. The van der Waals surface area contributed by atoms with Crippen LogP contribution in [0.25, 0.3) is 5.57 Å². The number of ether oxygens (including phenoxy) is 1. The van der Waals surface area contributed by atoms with Crippen LogP contribution in [0.3, 0.4) is 0 Å². The summed E-state index contributed by atoms with van der Waals surface area (Å²) in [7, 11) is 1.80. The maximum atomic E-state index is 5.88. The average Bonchev–Trinajstić information content (AvgIpc) is 2.60. The van der Waals surface area contributed by atoms with Crippen molar-refractivity contribution in [2.75, 3.05) is 25.2 Å². The summed E-state index contributed by atoms with van der Waals surface area (Å²) in [6.07, 6.45) is 9.89. The minimum Gasteiger partial charge on any atom is -0.493 e.